The maximum absolute atomic E-state index is 9.03. The molecule has 0 aliphatic heterocycles. The SMILES string of the molecule is CNC(C)C(C)(C)CN(CCO)CCOC. The van der Waals surface area contributed by atoms with Crippen molar-refractivity contribution in [2.45, 2.75) is 26.8 Å². The van der Waals surface area contributed by atoms with E-state index < -0.39 is 0 Å². The minimum atomic E-state index is 0.178. The summed E-state index contributed by atoms with van der Waals surface area (Å²) in [7, 11) is 3.69. The Bertz CT molecular complexity index is 174. The Morgan fingerprint density at radius 2 is 2.00 bits per heavy atom. The van der Waals surface area contributed by atoms with Crippen LogP contribution in [0.25, 0.3) is 0 Å². The van der Waals surface area contributed by atoms with E-state index in [-0.39, 0.29) is 12.0 Å². The molecule has 0 aliphatic rings. The predicted molar refractivity (Wildman–Crippen MR) is 67.7 cm³/mol. The molecule has 0 bridgehead atoms. The second-order valence-electron chi connectivity index (χ2n) is 4.99. The number of methoxy groups -OCH3 is 1. The fourth-order valence-corrected chi connectivity index (χ4v) is 1.74. The molecule has 1 atom stereocenters. The van der Waals surface area contributed by atoms with Crippen molar-refractivity contribution >= 4 is 0 Å². The molecular weight excluding hydrogens is 204 g/mol. The van der Waals surface area contributed by atoms with Crippen molar-refractivity contribution in [1.82, 2.24) is 10.2 Å². The van der Waals surface area contributed by atoms with Gasteiger partial charge in [0.1, 0.15) is 0 Å². The molecule has 0 aromatic heterocycles. The predicted octanol–water partition coefficient (Wildman–Crippen LogP) is 0.561. The summed E-state index contributed by atoms with van der Waals surface area (Å²) in [5, 5.41) is 12.3. The molecule has 4 heteroatoms. The second-order valence-corrected chi connectivity index (χ2v) is 4.99. The van der Waals surface area contributed by atoms with Crippen LogP contribution in [0.15, 0.2) is 0 Å². The molecule has 0 radical (unpaired) electrons. The Balaban J connectivity index is 4.24. The number of rotatable bonds is 9. The van der Waals surface area contributed by atoms with Gasteiger partial charge in [0.05, 0.1) is 13.2 Å². The average Bonchev–Trinajstić information content (AvgIpc) is 2.24. The fraction of sp³-hybridized carbons (Fsp3) is 1.00. The Morgan fingerprint density at radius 1 is 1.38 bits per heavy atom. The Hall–Kier alpha value is -0.160. The monoisotopic (exact) mass is 232 g/mol. The molecule has 0 heterocycles. The van der Waals surface area contributed by atoms with Gasteiger partial charge in [-0.2, -0.15) is 0 Å². The molecule has 0 spiro atoms. The largest absolute Gasteiger partial charge is 0.395 e. The van der Waals surface area contributed by atoms with E-state index >= 15 is 0 Å². The van der Waals surface area contributed by atoms with E-state index in [0.717, 1.165) is 13.1 Å². The van der Waals surface area contributed by atoms with Crippen molar-refractivity contribution in [2.75, 3.05) is 47.0 Å². The van der Waals surface area contributed by atoms with Crippen LogP contribution >= 0.6 is 0 Å². The molecule has 0 aromatic rings. The summed E-state index contributed by atoms with van der Waals surface area (Å²) in [5.74, 6) is 0. The third-order valence-corrected chi connectivity index (χ3v) is 3.26. The van der Waals surface area contributed by atoms with Crippen molar-refractivity contribution in [3.05, 3.63) is 0 Å². The molecular formula is C12H28N2O2. The summed E-state index contributed by atoms with van der Waals surface area (Å²) in [4.78, 5) is 2.25. The highest BCUT2D eigenvalue weighted by atomic mass is 16.5. The second kappa shape index (κ2) is 8.01. The summed E-state index contributed by atoms with van der Waals surface area (Å²) in [6.07, 6.45) is 0. The van der Waals surface area contributed by atoms with E-state index in [1.54, 1.807) is 7.11 Å². The summed E-state index contributed by atoms with van der Waals surface area (Å²) in [5.41, 5.74) is 0.178. The number of hydrogen-bond donors (Lipinski definition) is 2. The van der Waals surface area contributed by atoms with Gasteiger partial charge in [0.2, 0.25) is 0 Å². The molecule has 0 saturated carbocycles. The van der Waals surface area contributed by atoms with Gasteiger partial charge in [-0.3, -0.25) is 4.90 Å². The van der Waals surface area contributed by atoms with Gasteiger partial charge in [-0.15, -0.1) is 0 Å². The smallest absolute Gasteiger partial charge is 0.0589 e. The molecule has 0 saturated heterocycles. The van der Waals surface area contributed by atoms with Gasteiger partial charge >= 0.3 is 0 Å². The number of ether oxygens (including phenoxy) is 1. The van der Waals surface area contributed by atoms with E-state index in [0.29, 0.717) is 19.2 Å². The Morgan fingerprint density at radius 3 is 2.44 bits per heavy atom. The molecule has 4 nitrogen and oxygen atoms in total. The van der Waals surface area contributed by atoms with E-state index in [2.05, 4.69) is 31.0 Å². The van der Waals surface area contributed by atoms with Gasteiger partial charge in [-0.1, -0.05) is 13.8 Å². The van der Waals surface area contributed by atoms with Crippen molar-refractivity contribution in [3.63, 3.8) is 0 Å². The third-order valence-electron chi connectivity index (χ3n) is 3.26. The number of aliphatic hydroxyl groups excluding tert-OH is 1. The van der Waals surface area contributed by atoms with Crippen LogP contribution in [-0.2, 0) is 4.74 Å². The van der Waals surface area contributed by atoms with Crippen LogP contribution in [0.1, 0.15) is 20.8 Å². The van der Waals surface area contributed by atoms with Crippen molar-refractivity contribution in [3.8, 4) is 0 Å². The van der Waals surface area contributed by atoms with E-state index in [9.17, 15) is 0 Å². The summed E-state index contributed by atoms with van der Waals surface area (Å²) >= 11 is 0. The summed E-state index contributed by atoms with van der Waals surface area (Å²) in [6.45, 7) is 10.1. The number of hydrogen-bond acceptors (Lipinski definition) is 4. The first-order valence-electron chi connectivity index (χ1n) is 5.97. The molecule has 0 fully saturated rings. The first-order chi connectivity index (χ1) is 7.47. The third kappa shape index (κ3) is 5.80. The van der Waals surface area contributed by atoms with Gasteiger partial charge in [0.15, 0.2) is 0 Å². The quantitative estimate of drug-likeness (QED) is 0.610. The van der Waals surface area contributed by atoms with Crippen LogP contribution in [0.3, 0.4) is 0 Å². The molecule has 0 aliphatic carbocycles. The molecule has 98 valence electrons. The molecule has 2 N–H and O–H groups in total. The molecule has 16 heavy (non-hydrogen) atoms. The van der Waals surface area contributed by atoms with Crippen LogP contribution in [0.2, 0.25) is 0 Å². The Labute approximate surface area is 100.0 Å². The standard InChI is InChI=1S/C12H28N2O2/c1-11(13-4)12(2,3)10-14(6-8-15)7-9-16-5/h11,13,15H,6-10H2,1-5H3. The molecule has 0 amide bonds. The van der Waals surface area contributed by atoms with Crippen LogP contribution in [0.4, 0.5) is 0 Å². The van der Waals surface area contributed by atoms with Gasteiger partial charge in [-0.25, -0.2) is 0 Å². The van der Waals surface area contributed by atoms with Crippen LogP contribution in [0, 0.1) is 5.41 Å². The lowest BCUT2D eigenvalue weighted by molar-refractivity contribution is 0.0899. The average molecular weight is 232 g/mol. The van der Waals surface area contributed by atoms with Crippen LogP contribution < -0.4 is 5.32 Å². The number of aliphatic hydroxyl groups is 1. The van der Waals surface area contributed by atoms with Gasteiger partial charge < -0.3 is 15.2 Å². The lowest BCUT2D eigenvalue weighted by Crippen LogP contribution is -2.47. The zero-order chi connectivity index (χ0) is 12.6. The fourth-order valence-electron chi connectivity index (χ4n) is 1.74. The molecule has 1 unspecified atom stereocenters. The molecule has 0 aromatic carbocycles. The number of nitrogens with one attached hydrogen (secondary N) is 1. The van der Waals surface area contributed by atoms with Crippen molar-refractivity contribution in [1.29, 1.82) is 0 Å². The number of nitrogens with zero attached hydrogens (tertiary/aromatic N) is 1. The lowest BCUT2D eigenvalue weighted by atomic mass is 9.85. The van der Waals surface area contributed by atoms with Gasteiger partial charge in [0.25, 0.3) is 0 Å². The summed E-state index contributed by atoms with van der Waals surface area (Å²) < 4.78 is 5.08. The Kier molecular flexibility index (Phi) is 7.93. The van der Waals surface area contributed by atoms with Gasteiger partial charge in [0, 0.05) is 32.8 Å². The maximum Gasteiger partial charge on any atom is 0.0589 e. The van der Waals surface area contributed by atoms with Crippen molar-refractivity contribution in [2.24, 2.45) is 5.41 Å². The first kappa shape index (κ1) is 15.8. The van der Waals surface area contributed by atoms with E-state index in [1.165, 1.54) is 0 Å². The lowest BCUT2D eigenvalue weighted by Gasteiger charge is -2.36. The highest BCUT2D eigenvalue weighted by Crippen LogP contribution is 2.21. The van der Waals surface area contributed by atoms with Crippen molar-refractivity contribution < 1.29 is 9.84 Å². The highest BCUT2D eigenvalue weighted by molar-refractivity contribution is 4.83. The van der Waals surface area contributed by atoms with Gasteiger partial charge in [-0.05, 0) is 19.4 Å². The minimum absolute atomic E-state index is 0.178. The first-order valence-corrected chi connectivity index (χ1v) is 5.97. The van der Waals surface area contributed by atoms with Crippen LogP contribution in [-0.4, -0.2) is 63.1 Å². The minimum Gasteiger partial charge on any atom is -0.395 e. The zero-order valence-electron chi connectivity index (χ0n) is 11.4. The molecule has 0 rings (SSSR count). The van der Waals surface area contributed by atoms with E-state index in [4.69, 9.17) is 9.84 Å². The van der Waals surface area contributed by atoms with E-state index in [1.807, 2.05) is 7.05 Å². The normalized spacial score (nSPS) is 14.4. The topological polar surface area (TPSA) is 44.7 Å². The highest BCUT2D eigenvalue weighted by Gasteiger charge is 2.26. The summed E-state index contributed by atoms with van der Waals surface area (Å²) in [6, 6.07) is 0.441. The maximum atomic E-state index is 9.03. The zero-order valence-corrected chi connectivity index (χ0v) is 11.4. The van der Waals surface area contributed by atoms with Crippen LogP contribution in [0.5, 0.6) is 0 Å².